The number of aryl methyl sites for hydroxylation is 1. The van der Waals surface area contributed by atoms with Gasteiger partial charge in [-0.2, -0.15) is 8.42 Å². The first-order chi connectivity index (χ1) is 15.6. The van der Waals surface area contributed by atoms with E-state index < -0.39 is 15.9 Å². The molecular formula is C20H17Cl2N5O4S2. The quantitative estimate of drug-likeness (QED) is 0.461. The van der Waals surface area contributed by atoms with Crippen LogP contribution in [0.1, 0.15) is 28.8 Å². The fraction of sp³-hybridized carbons (Fsp3) is 0.200. The number of halogens is 2. The van der Waals surface area contributed by atoms with Crippen LogP contribution in [0.4, 0.5) is 16.5 Å². The number of anilines is 3. The minimum Gasteiger partial charge on any atom is -0.312 e. The summed E-state index contributed by atoms with van der Waals surface area (Å²) in [5.41, 5.74) is 1.95. The number of hydrogen-bond acceptors (Lipinski definition) is 7. The van der Waals surface area contributed by atoms with Crippen LogP contribution in [0.2, 0.25) is 10.0 Å². The highest BCUT2D eigenvalue weighted by atomic mass is 35.5. The highest BCUT2D eigenvalue weighted by Crippen LogP contribution is 2.30. The van der Waals surface area contributed by atoms with Crippen molar-refractivity contribution in [2.45, 2.75) is 24.1 Å². The van der Waals surface area contributed by atoms with Gasteiger partial charge in [-0.15, -0.1) is 10.2 Å². The zero-order valence-electron chi connectivity index (χ0n) is 17.1. The van der Waals surface area contributed by atoms with Crippen LogP contribution in [-0.4, -0.2) is 37.0 Å². The van der Waals surface area contributed by atoms with Gasteiger partial charge in [-0.3, -0.25) is 19.6 Å². The molecule has 4 rings (SSSR count). The summed E-state index contributed by atoms with van der Waals surface area (Å²) in [5.74, 6) is -0.577. The molecule has 2 amide bonds. The lowest BCUT2D eigenvalue weighted by Gasteiger charge is -2.19. The lowest BCUT2D eigenvalue weighted by atomic mass is 10.1. The summed E-state index contributed by atoms with van der Waals surface area (Å²) < 4.78 is 27.7. The van der Waals surface area contributed by atoms with Gasteiger partial charge in [0, 0.05) is 23.7 Å². The molecule has 9 nitrogen and oxygen atoms in total. The Morgan fingerprint density at radius 1 is 1.15 bits per heavy atom. The Morgan fingerprint density at radius 3 is 2.64 bits per heavy atom. The lowest BCUT2D eigenvalue weighted by molar-refractivity contribution is -0.117. The Balaban J connectivity index is 1.51. The van der Waals surface area contributed by atoms with E-state index in [2.05, 4.69) is 20.2 Å². The summed E-state index contributed by atoms with van der Waals surface area (Å²) in [6.45, 7) is 2.44. The summed E-state index contributed by atoms with van der Waals surface area (Å²) in [6.07, 6.45) is 1.23. The van der Waals surface area contributed by atoms with Gasteiger partial charge < -0.3 is 4.90 Å². The number of carbonyl (C=O) groups is 2. The molecule has 0 atom stereocenters. The van der Waals surface area contributed by atoms with Crippen molar-refractivity contribution in [2.24, 2.45) is 0 Å². The van der Waals surface area contributed by atoms with Gasteiger partial charge in [0.1, 0.15) is 0 Å². The van der Waals surface area contributed by atoms with Crippen LogP contribution < -0.4 is 14.9 Å². The van der Waals surface area contributed by atoms with E-state index in [0.29, 0.717) is 35.0 Å². The van der Waals surface area contributed by atoms with Gasteiger partial charge >= 0.3 is 0 Å². The number of nitrogens with zero attached hydrogens (tertiary/aromatic N) is 3. The molecule has 1 aliphatic rings. The van der Waals surface area contributed by atoms with Crippen molar-refractivity contribution in [3.63, 3.8) is 0 Å². The van der Waals surface area contributed by atoms with Crippen LogP contribution in [0, 0.1) is 6.92 Å². The second kappa shape index (κ2) is 9.26. The lowest BCUT2D eigenvalue weighted by Crippen LogP contribution is -2.24. The van der Waals surface area contributed by atoms with E-state index in [1.807, 2.05) is 6.92 Å². The summed E-state index contributed by atoms with van der Waals surface area (Å²) >= 11 is 12.6. The Morgan fingerprint density at radius 2 is 1.94 bits per heavy atom. The van der Waals surface area contributed by atoms with E-state index in [-0.39, 0.29) is 31.7 Å². The number of aromatic nitrogens is 2. The predicted molar refractivity (Wildman–Crippen MR) is 128 cm³/mol. The van der Waals surface area contributed by atoms with E-state index in [9.17, 15) is 18.0 Å². The van der Waals surface area contributed by atoms with Crippen LogP contribution in [0.5, 0.6) is 0 Å². The van der Waals surface area contributed by atoms with E-state index in [4.69, 9.17) is 23.2 Å². The zero-order valence-corrected chi connectivity index (χ0v) is 20.3. The van der Waals surface area contributed by atoms with Crippen molar-refractivity contribution < 1.29 is 18.0 Å². The minimum absolute atomic E-state index is 0.00315. The number of nitrogens with one attached hydrogen (secondary N) is 2. The Kier molecular flexibility index (Phi) is 6.57. The molecule has 2 N–H and O–H groups in total. The van der Waals surface area contributed by atoms with E-state index >= 15 is 0 Å². The third kappa shape index (κ3) is 5.11. The molecule has 0 bridgehead atoms. The maximum absolute atomic E-state index is 12.8. The molecule has 0 unspecified atom stereocenters. The molecule has 2 aromatic carbocycles. The highest BCUT2D eigenvalue weighted by Gasteiger charge is 2.25. The number of sulfonamides is 1. The molecular weight excluding hydrogens is 509 g/mol. The van der Waals surface area contributed by atoms with Crippen molar-refractivity contribution in [3.05, 3.63) is 57.6 Å². The van der Waals surface area contributed by atoms with Crippen molar-refractivity contribution in [1.29, 1.82) is 0 Å². The summed E-state index contributed by atoms with van der Waals surface area (Å²) in [4.78, 5) is 26.2. The minimum atomic E-state index is -4.08. The van der Waals surface area contributed by atoms with Crippen molar-refractivity contribution in [3.8, 4) is 0 Å². The molecule has 1 saturated heterocycles. The maximum Gasteiger partial charge on any atom is 0.291 e. The predicted octanol–water partition coefficient (Wildman–Crippen LogP) is 4.33. The first-order valence-electron chi connectivity index (χ1n) is 9.68. The van der Waals surface area contributed by atoms with Gasteiger partial charge in [0.2, 0.25) is 11.0 Å². The van der Waals surface area contributed by atoms with Gasteiger partial charge in [-0.1, -0.05) is 40.6 Å². The Hall–Kier alpha value is -2.73. The summed E-state index contributed by atoms with van der Waals surface area (Å²) in [7, 11) is -4.08. The Bertz CT molecular complexity index is 1360. The molecule has 0 saturated carbocycles. The SMILES string of the molecule is Cc1ccc(NS(=O)(=O)c2nnc(NC(=O)c3ccc(Cl)cc3Cl)s2)cc1N1CCCC1=O. The number of carbonyl (C=O) groups excluding carboxylic acids is 2. The monoisotopic (exact) mass is 525 g/mol. The average Bonchev–Trinajstić information content (AvgIpc) is 3.38. The van der Waals surface area contributed by atoms with Crippen molar-refractivity contribution in [1.82, 2.24) is 10.2 Å². The molecule has 0 radical (unpaired) electrons. The van der Waals surface area contributed by atoms with E-state index in [1.54, 1.807) is 23.1 Å². The van der Waals surface area contributed by atoms with Crippen LogP contribution in [0.15, 0.2) is 40.7 Å². The second-order valence-corrected chi connectivity index (χ2v) is 10.9. The van der Waals surface area contributed by atoms with Crippen molar-refractivity contribution >= 4 is 72.9 Å². The van der Waals surface area contributed by atoms with E-state index in [0.717, 1.165) is 12.0 Å². The third-order valence-corrected chi connectivity index (χ3v) is 7.99. The normalized spacial score (nSPS) is 13.9. The number of hydrogen-bond donors (Lipinski definition) is 2. The third-order valence-electron chi connectivity index (χ3n) is 4.86. The number of benzene rings is 2. The summed E-state index contributed by atoms with van der Waals surface area (Å²) in [6, 6.07) is 9.32. The van der Waals surface area contributed by atoms with E-state index in [1.165, 1.54) is 18.2 Å². The van der Waals surface area contributed by atoms with Gasteiger partial charge in [0.15, 0.2) is 0 Å². The molecule has 1 aromatic heterocycles. The highest BCUT2D eigenvalue weighted by molar-refractivity contribution is 7.94. The maximum atomic E-state index is 12.8. The molecule has 0 aliphatic carbocycles. The molecule has 0 spiro atoms. The molecule has 2 heterocycles. The average molecular weight is 526 g/mol. The standard InChI is InChI=1S/C20H17Cl2N5O4S2/c1-11-4-6-13(10-16(11)27-8-2-3-17(27)28)26-33(30,31)20-25-24-19(32-20)23-18(29)14-7-5-12(21)9-15(14)22/h4-7,9-10,26H,2-3,8H2,1H3,(H,23,24,29). The second-order valence-electron chi connectivity index (χ2n) is 7.21. The summed E-state index contributed by atoms with van der Waals surface area (Å²) in [5, 5.41) is 10.4. The first-order valence-corrected chi connectivity index (χ1v) is 12.7. The van der Waals surface area contributed by atoms with Gasteiger partial charge in [0.05, 0.1) is 16.3 Å². The molecule has 1 aliphatic heterocycles. The number of amides is 2. The largest absolute Gasteiger partial charge is 0.312 e. The molecule has 33 heavy (non-hydrogen) atoms. The Labute approximate surface area is 203 Å². The van der Waals surface area contributed by atoms with Crippen LogP contribution in [0.3, 0.4) is 0 Å². The van der Waals surface area contributed by atoms with Crippen molar-refractivity contribution in [2.75, 3.05) is 21.5 Å². The van der Waals surface area contributed by atoms with Gasteiger partial charge in [-0.25, -0.2) is 0 Å². The molecule has 3 aromatic rings. The first kappa shape index (κ1) is 23.4. The van der Waals surface area contributed by atoms with Gasteiger partial charge in [-0.05, 0) is 49.2 Å². The zero-order chi connectivity index (χ0) is 23.8. The molecule has 1 fully saturated rings. The smallest absolute Gasteiger partial charge is 0.291 e. The fourth-order valence-corrected chi connectivity index (χ4v) is 5.71. The van der Waals surface area contributed by atoms with Gasteiger partial charge in [0.25, 0.3) is 20.3 Å². The van der Waals surface area contributed by atoms with Crippen LogP contribution in [0.25, 0.3) is 0 Å². The molecule has 172 valence electrons. The fourth-order valence-electron chi connectivity index (χ4n) is 3.27. The topological polar surface area (TPSA) is 121 Å². The van der Waals surface area contributed by atoms with Crippen LogP contribution in [-0.2, 0) is 14.8 Å². The van der Waals surface area contributed by atoms with Crippen LogP contribution >= 0.6 is 34.5 Å². The molecule has 13 heteroatoms. The number of rotatable bonds is 6.